The summed E-state index contributed by atoms with van der Waals surface area (Å²) in [6, 6.07) is 4.01. The predicted octanol–water partition coefficient (Wildman–Crippen LogP) is 2.58. The lowest BCUT2D eigenvalue weighted by Crippen LogP contribution is -2.26. The quantitative estimate of drug-likeness (QED) is 0.777. The molecule has 19 heavy (non-hydrogen) atoms. The van der Waals surface area contributed by atoms with Crippen LogP contribution in [0.5, 0.6) is 0 Å². The highest BCUT2D eigenvalue weighted by Crippen LogP contribution is 2.36. The minimum absolute atomic E-state index is 0.203. The van der Waals surface area contributed by atoms with Gasteiger partial charge in [0.05, 0.1) is 16.3 Å². The van der Waals surface area contributed by atoms with Gasteiger partial charge in [0.1, 0.15) is 0 Å². The second-order valence-electron chi connectivity index (χ2n) is 4.81. The zero-order valence-electron chi connectivity index (χ0n) is 9.98. The number of aliphatic hydroxyl groups excluding tert-OH is 1. The van der Waals surface area contributed by atoms with E-state index >= 15 is 0 Å². The Balaban J connectivity index is 1.67. The van der Waals surface area contributed by atoms with E-state index in [1.165, 1.54) is 0 Å². The molecular formula is C13H11N3O2S. The summed E-state index contributed by atoms with van der Waals surface area (Å²) in [7, 11) is 0. The number of rotatable bonds is 2. The van der Waals surface area contributed by atoms with E-state index in [4.69, 9.17) is 4.52 Å². The third-order valence-corrected chi connectivity index (χ3v) is 4.32. The molecule has 0 saturated heterocycles. The van der Waals surface area contributed by atoms with Crippen LogP contribution in [0.1, 0.15) is 24.7 Å². The fourth-order valence-electron chi connectivity index (χ4n) is 2.28. The van der Waals surface area contributed by atoms with Gasteiger partial charge in [-0.1, -0.05) is 5.16 Å². The highest BCUT2D eigenvalue weighted by atomic mass is 32.1. The van der Waals surface area contributed by atoms with Crippen LogP contribution in [-0.4, -0.2) is 26.3 Å². The first-order valence-corrected chi connectivity index (χ1v) is 7.03. The Hall–Kier alpha value is -1.79. The molecule has 0 aliphatic heterocycles. The Kier molecular flexibility index (Phi) is 2.39. The molecule has 0 unspecified atom stereocenters. The Bertz CT molecular complexity index is 730. The zero-order valence-corrected chi connectivity index (χ0v) is 10.8. The van der Waals surface area contributed by atoms with Crippen molar-refractivity contribution in [1.82, 2.24) is 15.1 Å². The number of thiophene rings is 1. The van der Waals surface area contributed by atoms with Crippen LogP contribution in [0.4, 0.5) is 0 Å². The Morgan fingerprint density at radius 3 is 3.11 bits per heavy atom. The molecule has 1 saturated carbocycles. The second-order valence-corrected chi connectivity index (χ2v) is 5.75. The average Bonchev–Trinajstić information content (AvgIpc) is 3.02. The van der Waals surface area contributed by atoms with Crippen molar-refractivity contribution in [2.24, 2.45) is 0 Å². The first-order chi connectivity index (χ1) is 9.29. The average molecular weight is 273 g/mol. The molecule has 3 heterocycles. The number of pyridine rings is 1. The van der Waals surface area contributed by atoms with E-state index in [2.05, 4.69) is 15.1 Å². The van der Waals surface area contributed by atoms with Crippen LogP contribution in [0.15, 0.2) is 28.2 Å². The molecule has 0 aromatic carbocycles. The minimum atomic E-state index is -0.218. The van der Waals surface area contributed by atoms with Gasteiger partial charge in [0.25, 0.3) is 0 Å². The van der Waals surface area contributed by atoms with E-state index in [0.29, 0.717) is 24.6 Å². The van der Waals surface area contributed by atoms with Crippen molar-refractivity contribution in [2.75, 3.05) is 0 Å². The molecule has 3 aromatic rings. The van der Waals surface area contributed by atoms with Gasteiger partial charge < -0.3 is 9.63 Å². The number of hydrogen-bond acceptors (Lipinski definition) is 6. The van der Waals surface area contributed by atoms with Gasteiger partial charge in [0.15, 0.2) is 0 Å². The molecule has 96 valence electrons. The van der Waals surface area contributed by atoms with E-state index < -0.39 is 0 Å². The largest absolute Gasteiger partial charge is 0.393 e. The molecule has 1 aliphatic rings. The molecule has 1 fully saturated rings. The lowest BCUT2D eigenvalue weighted by atomic mass is 9.82. The third kappa shape index (κ3) is 1.84. The molecule has 0 radical (unpaired) electrons. The highest BCUT2D eigenvalue weighted by Gasteiger charge is 2.33. The summed E-state index contributed by atoms with van der Waals surface area (Å²) in [5.74, 6) is 1.39. The van der Waals surface area contributed by atoms with E-state index in [9.17, 15) is 5.11 Å². The van der Waals surface area contributed by atoms with Gasteiger partial charge in [0.2, 0.25) is 11.7 Å². The molecule has 5 nitrogen and oxygen atoms in total. The van der Waals surface area contributed by atoms with Gasteiger partial charge in [-0.2, -0.15) is 4.98 Å². The highest BCUT2D eigenvalue weighted by molar-refractivity contribution is 7.17. The molecule has 6 heteroatoms. The van der Waals surface area contributed by atoms with Crippen LogP contribution in [0.25, 0.3) is 21.6 Å². The maximum atomic E-state index is 9.30. The molecule has 0 amide bonds. The Morgan fingerprint density at radius 1 is 1.37 bits per heavy atom. The smallest absolute Gasteiger partial charge is 0.230 e. The van der Waals surface area contributed by atoms with E-state index in [0.717, 1.165) is 15.8 Å². The summed E-state index contributed by atoms with van der Waals surface area (Å²) in [4.78, 5) is 8.77. The normalized spacial score (nSPS) is 22.6. The SMILES string of the molecule is OC1CC(c2nc(-c3cnc4ccsc4c3)no2)C1. The van der Waals surface area contributed by atoms with Gasteiger partial charge >= 0.3 is 0 Å². The number of fused-ring (bicyclic) bond motifs is 1. The minimum Gasteiger partial charge on any atom is -0.393 e. The van der Waals surface area contributed by atoms with Gasteiger partial charge in [0, 0.05) is 17.7 Å². The maximum Gasteiger partial charge on any atom is 0.230 e. The van der Waals surface area contributed by atoms with Crippen LogP contribution >= 0.6 is 11.3 Å². The summed E-state index contributed by atoms with van der Waals surface area (Å²) in [5, 5.41) is 15.3. The third-order valence-electron chi connectivity index (χ3n) is 3.47. The lowest BCUT2D eigenvalue weighted by Gasteiger charge is -2.27. The molecule has 0 atom stereocenters. The molecule has 3 aromatic heterocycles. The lowest BCUT2D eigenvalue weighted by molar-refractivity contribution is 0.0625. The molecule has 4 rings (SSSR count). The molecule has 1 N–H and O–H groups in total. The summed E-state index contributed by atoms with van der Waals surface area (Å²) < 4.78 is 6.38. The van der Waals surface area contributed by atoms with Crippen molar-refractivity contribution >= 4 is 21.6 Å². The van der Waals surface area contributed by atoms with Crippen molar-refractivity contribution in [3.63, 3.8) is 0 Å². The fraction of sp³-hybridized carbons (Fsp3) is 0.308. The summed E-state index contributed by atoms with van der Waals surface area (Å²) in [6.45, 7) is 0. The number of nitrogens with zero attached hydrogens (tertiary/aromatic N) is 3. The fourth-order valence-corrected chi connectivity index (χ4v) is 3.06. The van der Waals surface area contributed by atoms with Crippen molar-refractivity contribution in [1.29, 1.82) is 0 Å². The molecule has 1 aliphatic carbocycles. The number of hydrogen-bond donors (Lipinski definition) is 1. The van der Waals surface area contributed by atoms with E-state index in [-0.39, 0.29) is 12.0 Å². The van der Waals surface area contributed by atoms with Gasteiger partial charge in [-0.15, -0.1) is 11.3 Å². The van der Waals surface area contributed by atoms with Crippen LogP contribution in [0.2, 0.25) is 0 Å². The van der Waals surface area contributed by atoms with E-state index in [1.54, 1.807) is 17.5 Å². The zero-order chi connectivity index (χ0) is 12.8. The van der Waals surface area contributed by atoms with Crippen LogP contribution < -0.4 is 0 Å². The first-order valence-electron chi connectivity index (χ1n) is 6.15. The number of aliphatic hydroxyl groups is 1. The van der Waals surface area contributed by atoms with Crippen LogP contribution in [0, 0.1) is 0 Å². The van der Waals surface area contributed by atoms with E-state index in [1.807, 2.05) is 17.5 Å². The topological polar surface area (TPSA) is 72.0 Å². The van der Waals surface area contributed by atoms with Crippen LogP contribution in [0.3, 0.4) is 0 Å². The standard InChI is InChI=1S/C13H11N3O2S/c17-9-3-7(4-9)13-15-12(16-18-13)8-5-11-10(14-6-8)1-2-19-11/h1-2,5-7,9,17H,3-4H2. The first kappa shape index (κ1) is 11.1. The Morgan fingerprint density at radius 2 is 2.26 bits per heavy atom. The van der Waals surface area contributed by atoms with Gasteiger partial charge in [-0.3, -0.25) is 4.98 Å². The van der Waals surface area contributed by atoms with Gasteiger partial charge in [-0.25, -0.2) is 0 Å². The summed E-state index contributed by atoms with van der Waals surface area (Å²) >= 11 is 1.64. The second kappa shape index (κ2) is 4.11. The Labute approximate surface area is 112 Å². The van der Waals surface area contributed by atoms with Crippen molar-refractivity contribution < 1.29 is 9.63 Å². The monoisotopic (exact) mass is 273 g/mol. The maximum absolute atomic E-state index is 9.30. The molecule has 0 bridgehead atoms. The molecular weight excluding hydrogens is 262 g/mol. The summed E-state index contributed by atoms with van der Waals surface area (Å²) in [6.07, 6.45) is 2.97. The van der Waals surface area contributed by atoms with Crippen molar-refractivity contribution in [2.45, 2.75) is 24.9 Å². The predicted molar refractivity (Wildman–Crippen MR) is 70.9 cm³/mol. The van der Waals surface area contributed by atoms with Gasteiger partial charge in [-0.05, 0) is 30.4 Å². The van der Waals surface area contributed by atoms with Crippen molar-refractivity contribution in [3.8, 4) is 11.4 Å². The van der Waals surface area contributed by atoms with Crippen molar-refractivity contribution in [3.05, 3.63) is 29.6 Å². The number of aromatic nitrogens is 3. The van der Waals surface area contributed by atoms with Crippen LogP contribution in [-0.2, 0) is 0 Å². The molecule has 0 spiro atoms. The summed E-state index contributed by atoms with van der Waals surface area (Å²) in [5.41, 5.74) is 1.85.